The second-order valence-corrected chi connectivity index (χ2v) is 5.02. The van der Waals surface area contributed by atoms with Crippen molar-refractivity contribution in [2.24, 2.45) is 0 Å². The zero-order chi connectivity index (χ0) is 16.6. The molecule has 0 atom stereocenters. The largest absolute Gasteiger partial charge is 0.464 e. The van der Waals surface area contributed by atoms with Crippen LogP contribution in [0.4, 0.5) is 13.2 Å². The molecule has 118 valence electrons. The number of hydrogen-bond donors (Lipinski definition) is 1. The number of carbonyl (C=O) groups is 1. The van der Waals surface area contributed by atoms with Gasteiger partial charge in [0, 0.05) is 10.9 Å². The molecule has 0 aliphatic rings. The first-order valence-corrected chi connectivity index (χ1v) is 6.78. The van der Waals surface area contributed by atoms with Crippen molar-refractivity contribution in [2.45, 2.75) is 6.18 Å². The summed E-state index contributed by atoms with van der Waals surface area (Å²) in [5.41, 5.74) is 0.510. The van der Waals surface area contributed by atoms with Crippen LogP contribution in [0.1, 0.15) is 16.1 Å². The van der Waals surface area contributed by atoms with E-state index in [1.165, 1.54) is 13.2 Å². The molecule has 0 amide bonds. The smallest absolute Gasteiger partial charge is 0.417 e. The lowest BCUT2D eigenvalue weighted by Gasteiger charge is -2.11. The van der Waals surface area contributed by atoms with Gasteiger partial charge in [-0.1, -0.05) is 30.3 Å². The molecule has 3 aromatic rings. The summed E-state index contributed by atoms with van der Waals surface area (Å²) in [6, 6.07) is 12.6. The molecule has 2 aromatic carbocycles. The van der Waals surface area contributed by atoms with E-state index in [2.05, 4.69) is 9.72 Å². The highest BCUT2D eigenvalue weighted by atomic mass is 19.4. The Morgan fingerprint density at radius 1 is 1.04 bits per heavy atom. The summed E-state index contributed by atoms with van der Waals surface area (Å²) in [5.74, 6) is -0.712. The second kappa shape index (κ2) is 5.46. The van der Waals surface area contributed by atoms with E-state index in [1.807, 2.05) is 0 Å². The zero-order valence-corrected chi connectivity index (χ0v) is 12.1. The summed E-state index contributed by atoms with van der Waals surface area (Å²) in [5, 5.41) is -0.0578. The van der Waals surface area contributed by atoms with Gasteiger partial charge in [0.05, 0.1) is 12.7 Å². The van der Waals surface area contributed by atoms with Crippen LogP contribution in [0, 0.1) is 0 Å². The molecule has 1 aromatic heterocycles. The highest BCUT2D eigenvalue weighted by molar-refractivity contribution is 5.97. The number of rotatable bonds is 2. The van der Waals surface area contributed by atoms with E-state index in [1.54, 1.807) is 36.4 Å². The number of ether oxygens (including phenoxy) is 1. The van der Waals surface area contributed by atoms with Gasteiger partial charge in [-0.15, -0.1) is 0 Å². The Labute approximate surface area is 129 Å². The maximum atomic E-state index is 13.4. The molecule has 0 spiro atoms. The number of alkyl halides is 3. The van der Waals surface area contributed by atoms with Crippen LogP contribution in [0.15, 0.2) is 48.5 Å². The van der Waals surface area contributed by atoms with Gasteiger partial charge in [0.1, 0.15) is 5.69 Å². The van der Waals surface area contributed by atoms with Crippen molar-refractivity contribution in [3.63, 3.8) is 0 Å². The fraction of sp³-hybridized carbons (Fsp3) is 0.118. The van der Waals surface area contributed by atoms with E-state index in [0.717, 1.165) is 6.07 Å². The summed E-state index contributed by atoms with van der Waals surface area (Å²) in [4.78, 5) is 14.3. The number of esters is 1. The fourth-order valence-electron chi connectivity index (χ4n) is 2.49. The van der Waals surface area contributed by atoms with Gasteiger partial charge >= 0.3 is 12.1 Å². The van der Waals surface area contributed by atoms with E-state index in [9.17, 15) is 18.0 Å². The van der Waals surface area contributed by atoms with Crippen molar-refractivity contribution in [2.75, 3.05) is 7.11 Å². The number of aromatic nitrogens is 1. The molecule has 0 radical (unpaired) electrons. The van der Waals surface area contributed by atoms with Gasteiger partial charge < -0.3 is 9.72 Å². The molecule has 0 aliphatic carbocycles. The summed E-state index contributed by atoms with van der Waals surface area (Å²) >= 11 is 0. The lowest BCUT2D eigenvalue weighted by molar-refractivity contribution is -0.136. The number of H-pyrrole nitrogens is 1. The Hall–Kier alpha value is -2.76. The highest BCUT2D eigenvalue weighted by Gasteiger charge is 2.34. The van der Waals surface area contributed by atoms with Gasteiger partial charge in [0.15, 0.2) is 0 Å². The molecule has 23 heavy (non-hydrogen) atoms. The molecule has 0 saturated carbocycles. The normalized spacial score (nSPS) is 11.7. The zero-order valence-electron chi connectivity index (χ0n) is 12.1. The molecule has 0 bridgehead atoms. The Balaban J connectivity index is 2.27. The molecule has 0 saturated heterocycles. The third-order valence-electron chi connectivity index (χ3n) is 3.56. The Kier molecular flexibility index (Phi) is 3.60. The van der Waals surface area contributed by atoms with Crippen LogP contribution >= 0.6 is 0 Å². The minimum atomic E-state index is -4.53. The minimum Gasteiger partial charge on any atom is -0.464 e. The maximum absolute atomic E-state index is 13.4. The third-order valence-corrected chi connectivity index (χ3v) is 3.56. The average Bonchev–Trinajstić information content (AvgIpc) is 2.96. The molecule has 3 rings (SSSR count). The highest BCUT2D eigenvalue weighted by Crippen LogP contribution is 2.38. The number of methoxy groups -OCH3 is 1. The lowest BCUT2D eigenvalue weighted by Crippen LogP contribution is -2.05. The van der Waals surface area contributed by atoms with E-state index < -0.39 is 17.7 Å². The summed E-state index contributed by atoms with van der Waals surface area (Å²) < 4.78 is 44.7. The van der Waals surface area contributed by atoms with Gasteiger partial charge in [-0.2, -0.15) is 13.2 Å². The summed E-state index contributed by atoms with van der Waals surface area (Å²) in [7, 11) is 1.17. The van der Waals surface area contributed by atoms with Crippen LogP contribution in [0.25, 0.3) is 22.0 Å². The van der Waals surface area contributed by atoms with Crippen LogP contribution in [-0.4, -0.2) is 18.1 Å². The minimum absolute atomic E-state index is 0.0155. The number of carbonyl (C=O) groups excluding carboxylic acids is 1. The van der Waals surface area contributed by atoms with Gasteiger partial charge in [-0.3, -0.25) is 0 Å². The van der Waals surface area contributed by atoms with Gasteiger partial charge in [0.2, 0.25) is 0 Å². The summed E-state index contributed by atoms with van der Waals surface area (Å²) in [6.07, 6.45) is -4.53. The fourth-order valence-corrected chi connectivity index (χ4v) is 2.49. The molecule has 0 unspecified atom stereocenters. The van der Waals surface area contributed by atoms with Crippen LogP contribution in [0.2, 0.25) is 0 Å². The number of hydrogen-bond acceptors (Lipinski definition) is 2. The Bertz CT molecular complexity index is 867. The van der Waals surface area contributed by atoms with Crippen LogP contribution < -0.4 is 0 Å². The van der Waals surface area contributed by atoms with Gasteiger partial charge in [-0.25, -0.2) is 4.79 Å². The number of aromatic amines is 1. The predicted molar refractivity (Wildman–Crippen MR) is 80.1 cm³/mol. The second-order valence-electron chi connectivity index (χ2n) is 5.02. The quantitative estimate of drug-likeness (QED) is 0.699. The molecule has 1 N–H and O–H groups in total. The first kappa shape index (κ1) is 15.1. The Morgan fingerprint density at radius 3 is 2.35 bits per heavy atom. The van der Waals surface area contributed by atoms with Crippen molar-refractivity contribution < 1.29 is 22.7 Å². The molecule has 1 heterocycles. The van der Waals surface area contributed by atoms with Crippen molar-refractivity contribution in [3.8, 4) is 11.1 Å². The van der Waals surface area contributed by atoms with Crippen molar-refractivity contribution in [3.05, 3.63) is 59.8 Å². The molecule has 0 aliphatic heterocycles. The molecule has 6 heteroatoms. The van der Waals surface area contributed by atoms with Gasteiger partial charge in [0.25, 0.3) is 0 Å². The van der Waals surface area contributed by atoms with Crippen LogP contribution in [0.3, 0.4) is 0 Å². The molecule has 0 fully saturated rings. The molecular weight excluding hydrogens is 307 g/mol. The van der Waals surface area contributed by atoms with Crippen molar-refractivity contribution in [1.82, 2.24) is 4.98 Å². The van der Waals surface area contributed by atoms with E-state index in [0.29, 0.717) is 11.1 Å². The molecule has 3 nitrogen and oxygen atoms in total. The monoisotopic (exact) mass is 319 g/mol. The number of benzene rings is 2. The number of nitrogens with one attached hydrogen (secondary N) is 1. The first-order chi connectivity index (χ1) is 10.9. The predicted octanol–water partition coefficient (Wildman–Crippen LogP) is 4.64. The molecular formula is C17H12F3NO2. The maximum Gasteiger partial charge on any atom is 0.417 e. The van der Waals surface area contributed by atoms with Crippen LogP contribution in [0.5, 0.6) is 0 Å². The average molecular weight is 319 g/mol. The van der Waals surface area contributed by atoms with E-state index in [4.69, 9.17) is 0 Å². The van der Waals surface area contributed by atoms with Crippen LogP contribution in [-0.2, 0) is 10.9 Å². The topological polar surface area (TPSA) is 42.1 Å². The number of halogens is 3. The SMILES string of the molecule is COC(=O)c1cc2c(C(F)(F)F)cc(-c3ccccc3)cc2[nH]1. The van der Waals surface area contributed by atoms with Gasteiger partial charge in [-0.05, 0) is 29.3 Å². The van der Waals surface area contributed by atoms with Crippen molar-refractivity contribution in [1.29, 1.82) is 0 Å². The third kappa shape index (κ3) is 2.79. The van der Waals surface area contributed by atoms with E-state index >= 15 is 0 Å². The standard InChI is InChI=1S/C17H12F3NO2/c1-23-16(22)15-9-12-13(17(18,19)20)7-11(8-14(12)21-15)10-5-3-2-4-6-10/h2-9,21H,1H3. The van der Waals surface area contributed by atoms with Crippen molar-refractivity contribution >= 4 is 16.9 Å². The lowest BCUT2D eigenvalue weighted by atomic mass is 10.00. The first-order valence-electron chi connectivity index (χ1n) is 6.78. The van der Waals surface area contributed by atoms with E-state index in [-0.39, 0.29) is 16.6 Å². The Morgan fingerprint density at radius 2 is 1.74 bits per heavy atom. The summed E-state index contributed by atoms with van der Waals surface area (Å²) in [6.45, 7) is 0. The number of fused-ring (bicyclic) bond motifs is 1.